The highest BCUT2D eigenvalue weighted by Crippen LogP contribution is 2.26. The summed E-state index contributed by atoms with van der Waals surface area (Å²) in [7, 11) is 0. The van der Waals surface area contributed by atoms with Gasteiger partial charge in [0.15, 0.2) is 0 Å². The van der Waals surface area contributed by atoms with Crippen LogP contribution in [0.4, 0.5) is 0 Å². The fourth-order valence-corrected chi connectivity index (χ4v) is 1.86. The van der Waals surface area contributed by atoms with Crippen LogP contribution in [0.15, 0.2) is 0 Å². The van der Waals surface area contributed by atoms with Gasteiger partial charge in [0.25, 0.3) is 0 Å². The summed E-state index contributed by atoms with van der Waals surface area (Å²) in [5.41, 5.74) is 0. The van der Waals surface area contributed by atoms with Crippen molar-refractivity contribution in [2.45, 2.75) is 19.3 Å². The van der Waals surface area contributed by atoms with E-state index in [1.165, 1.54) is 38.9 Å². The molecule has 0 amide bonds. The lowest BCUT2D eigenvalue weighted by Gasteiger charge is -2.38. The van der Waals surface area contributed by atoms with Crippen molar-refractivity contribution in [3.63, 3.8) is 0 Å². The number of rotatable bonds is 0. The molecule has 0 N–H and O–H groups in total. The van der Waals surface area contributed by atoms with Crippen LogP contribution in [0.5, 0.6) is 0 Å². The molecule has 0 unspecified atom stereocenters. The van der Waals surface area contributed by atoms with Gasteiger partial charge in [0.05, 0.1) is 0 Å². The number of hydrogen-bond donors (Lipinski definition) is 0. The Hall–Kier alpha value is 0.920. The van der Waals surface area contributed by atoms with Gasteiger partial charge in [-0.2, -0.15) is 0 Å². The number of hydrogen-bond acceptors (Lipinski definition) is 1. The standard InChI is InChI=1S/C7H13N.2BrH/c1-4-8-5-2-7(1)3-6-8;;/h7H,1-6H2;2*1H. The Morgan fingerprint density at radius 1 is 0.800 bits per heavy atom. The van der Waals surface area contributed by atoms with Crippen LogP contribution in [0.25, 0.3) is 0 Å². The van der Waals surface area contributed by atoms with Gasteiger partial charge < -0.3 is 4.90 Å². The highest BCUT2D eigenvalue weighted by Gasteiger charge is 2.24. The van der Waals surface area contributed by atoms with Crippen LogP contribution < -0.4 is 0 Å². The van der Waals surface area contributed by atoms with E-state index < -0.39 is 0 Å². The minimum absolute atomic E-state index is 0. The second kappa shape index (κ2) is 4.73. The van der Waals surface area contributed by atoms with Crippen molar-refractivity contribution in [2.24, 2.45) is 5.92 Å². The van der Waals surface area contributed by atoms with Crippen molar-refractivity contribution in [3.8, 4) is 0 Å². The molecule has 0 aromatic rings. The Morgan fingerprint density at radius 3 is 1.30 bits per heavy atom. The molecule has 10 heavy (non-hydrogen) atoms. The number of nitrogens with zero attached hydrogens (tertiary/aromatic N) is 1. The minimum atomic E-state index is 0. The molecule has 1 nitrogen and oxygen atoms in total. The summed E-state index contributed by atoms with van der Waals surface area (Å²) < 4.78 is 0. The van der Waals surface area contributed by atoms with Crippen LogP contribution in [0, 0.1) is 5.92 Å². The summed E-state index contributed by atoms with van der Waals surface area (Å²) >= 11 is 0. The molecule has 3 fully saturated rings. The topological polar surface area (TPSA) is 3.24 Å². The zero-order chi connectivity index (χ0) is 5.40. The average Bonchev–Trinajstić information content (AvgIpc) is 1.92. The fraction of sp³-hybridized carbons (Fsp3) is 1.00. The molecule has 3 saturated heterocycles. The second-order valence-corrected chi connectivity index (χ2v) is 3.07. The Bertz CT molecular complexity index is 66.6. The Balaban J connectivity index is 0.000000405. The van der Waals surface area contributed by atoms with Crippen molar-refractivity contribution >= 4 is 34.0 Å². The molecule has 0 radical (unpaired) electrons. The third-order valence-electron chi connectivity index (χ3n) is 2.56. The van der Waals surface area contributed by atoms with Crippen molar-refractivity contribution in [3.05, 3.63) is 0 Å². The average molecular weight is 273 g/mol. The molecule has 0 aliphatic carbocycles. The van der Waals surface area contributed by atoms with Crippen molar-refractivity contribution < 1.29 is 0 Å². The van der Waals surface area contributed by atoms with Gasteiger partial charge in [0.2, 0.25) is 0 Å². The first-order valence-electron chi connectivity index (χ1n) is 3.67. The van der Waals surface area contributed by atoms with Gasteiger partial charge in [0, 0.05) is 0 Å². The molecule has 0 saturated carbocycles. The fourth-order valence-electron chi connectivity index (χ4n) is 1.86. The molecular formula is C7H15Br2N. The summed E-state index contributed by atoms with van der Waals surface area (Å²) in [5.74, 6) is 1.11. The van der Waals surface area contributed by atoms with E-state index in [2.05, 4.69) is 4.90 Å². The van der Waals surface area contributed by atoms with Crippen molar-refractivity contribution in [1.29, 1.82) is 0 Å². The molecule has 0 spiro atoms. The van der Waals surface area contributed by atoms with Crippen LogP contribution in [0.3, 0.4) is 0 Å². The van der Waals surface area contributed by atoms with Crippen LogP contribution in [-0.4, -0.2) is 24.5 Å². The van der Waals surface area contributed by atoms with Gasteiger partial charge in [-0.15, -0.1) is 34.0 Å². The van der Waals surface area contributed by atoms with Crippen LogP contribution >= 0.6 is 34.0 Å². The number of piperidine rings is 3. The predicted octanol–water partition coefficient (Wildman–Crippen LogP) is 2.26. The summed E-state index contributed by atoms with van der Waals surface area (Å²) in [6, 6.07) is 0. The van der Waals surface area contributed by atoms with E-state index in [0.29, 0.717) is 0 Å². The van der Waals surface area contributed by atoms with E-state index in [-0.39, 0.29) is 34.0 Å². The van der Waals surface area contributed by atoms with E-state index >= 15 is 0 Å². The molecule has 0 atom stereocenters. The second-order valence-electron chi connectivity index (χ2n) is 3.07. The van der Waals surface area contributed by atoms with E-state index in [1.54, 1.807) is 0 Å². The number of halogens is 2. The lowest BCUT2D eigenvalue weighted by molar-refractivity contribution is 0.111. The summed E-state index contributed by atoms with van der Waals surface area (Å²) in [5, 5.41) is 0. The van der Waals surface area contributed by atoms with E-state index in [1.807, 2.05) is 0 Å². The van der Waals surface area contributed by atoms with Gasteiger partial charge in [-0.25, -0.2) is 0 Å². The van der Waals surface area contributed by atoms with Gasteiger partial charge in [0.1, 0.15) is 0 Å². The first-order chi connectivity index (χ1) is 3.95. The first kappa shape index (κ1) is 10.9. The Labute approximate surface area is 83.7 Å². The smallest absolute Gasteiger partial charge is 0.00161 e. The normalized spacial score (nSPS) is 36.0. The highest BCUT2D eigenvalue weighted by molar-refractivity contribution is 8.93. The van der Waals surface area contributed by atoms with Crippen molar-refractivity contribution in [1.82, 2.24) is 4.90 Å². The van der Waals surface area contributed by atoms with Crippen molar-refractivity contribution in [2.75, 3.05) is 19.6 Å². The molecular weight excluding hydrogens is 258 g/mol. The van der Waals surface area contributed by atoms with Gasteiger partial charge in [-0.3, -0.25) is 0 Å². The van der Waals surface area contributed by atoms with Crippen LogP contribution in [0.2, 0.25) is 0 Å². The van der Waals surface area contributed by atoms with Gasteiger partial charge in [-0.1, -0.05) is 0 Å². The van der Waals surface area contributed by atoms with E-state index in [4.69, 9.17) is 0 Å². The number of fused-ring (bicyclic) bond motifs is 3. The SMILES string of the molecule is Br.Br.C1CN2CCC1CC2. The molecule has 3 rings (SSSR count). The summed E-state index contributed by atoms with van der Waals surface area (Å²) in [6.07, 6.45) is 4.46. The summed E-state index contributed by atoms with van der Waals surface area (Å²) in [6.45, 7) is 4.18. The van der Waals surface area contributed by atoms with Crippen LogP contribution in [-0.2, 0) is 0 Å². The monoisotopic (exact) mass is 271 g/mol. The first-order valence-corrected chi connectivity index (χ1v) is 3.67. The lowest BCUT2D eigenvalue weighted by atomic mass is 9.89. The molecule has 3 heteroatoms. The molecule has 3 heterocycles. The molecule has 2 bridgehead atoms. The molecule has 3 aliphatic heterocycles. The molecule has 62 valence electrons. The predicted molar refractivity (Wildman–Crippen MR) is 54.4 cm³/mol. The quantitative estimate of drug-likeness (QED) is 0.654. The Morgan fingerprint density at radius 2 is 1.20 bits per heavy atom. The minimum Gasteiger partial charge on any atom is -0.303 e. The maximum absolute atomic E-state index is 2.58. The van der Waals surface area contributed by atoms with E-state index in [0.717, 1.165) is 5.92 Å². The maximum Gasteiger partial charge on any atom is -0.00161 e. The third-order valence-corrected chi connectivity index (χ3v) is 2.56. The zero-order valence-electron chi connectivity index (χ0n) is 6.08. The zero-order valence-corrected chi connectivity index (χ0v) is 9.51. The maximum atomic E-state index is 2.58. The largest absolute Gasteiger partial charge is 0.303 e. The molecule has 0 aromatic heterocycles. The summed E-state index contributed by atoms with van der Waals surface area (Å²) in [4.78, 5) is 2.58. The van der Waals surface area contributed by atoms with Gasteiger partial charge >= 0.3 is 0 Å². The highest BCUT2D eigenvalue weighted by atomic mass is 79.9. The van der Waals surface area contributed by atoms with Crippen LogP contribution in [0.1, 0.15) is 19.3 Å². The molecule has 3 aliphatic rings. The van der Waals surface area contributed by atoms with E-state index in [9.17, 15) is 0 Å². The van der Waals surface area contributed by atoms with Gasteiger partial charge in [-0.05, 0) is 44.8 Å². The Kier molecular flexibility index (Phi) is 5.16. The molecule has 0 aromatic carbocycles. The third kappa shape index (κ3) is 2.21. The lowest BCUT2D eigenvalue weighted by Crippen LogP contribution is -2.41.